The van der Waals surface area contributed by atoms with Gasteiger partial charge in [-0.1, -0.05) is 54.1 Å². The van der Waals surface area contributed by atoms with Gasteiger partial charge in [0.05, 0.1) is 11.9 Å². The lowest BCUT2D eigenvalue weighted by Crippen LogP contribution is -2.17. The summed E-state index contributed by atoms with van der Waals surface area (Å²) in [6.45, 7) is 1.82. The molecule has 0 aliphatic carbocycles. The number of hydrazone groups is 1. The second-order valence-electron chi connectivity index (χ2n) is 5.05. The Labute approximate surface area is 148 Å². The number of nitrogens with zero attached hydrogens (tertiary/aromatic N) is 2. The Morgan fingerprint density at radius 2 is 1.88 bits per heavy atom. The second kappa shape index (κ2) is 7.38. The lowest BCUT2D eigenvalue weighted by Gasteiger charge is -1.97. The van der Waals surface area contributed by atoms with Crippen LogP contribution in [0.3, 0.4) is 0 Å². The van der Waals surface area contributed by atoms with Crippen LogP contribution < -0.4 is 5.43 Å². The van der Waals surface area contributed by atoms with Crippen molar-refractivity contribution in [3.8, 4) is 10.6 Å². The molecule has 2 aromatic carbocycles. The lowest BCUT2D eigenvalue weighted by atomic mass is 10.2. The predicted molar refractivity (Wildman–Crippen MR) is 98.8 cm³/mol. The molecule has 0 saturated carbocycles. The maximum atomic E-state index is 12.3. The van der Waals surface area contributed by atoms with Crippen molar-refractivity contribution in [2.75, 3.05) is 0 Å². The molecule has 1 aromatic heterocycles. The van der Waals surface area contributed by atoms with Crippen LogP contribution in [0.1, 0.15) is 20.9 Å². The van der Waals surface area contributed by atoms with Crippen LogP contribution in [0, 0.1) is 6.92 Å². The van der Waals surface area contributed by atoms with E-state index < -0.39 is 0 Å². The number of halogens is 1. The average Bonchev–Trinajstić information content (AvgIpc) is 2.99. The molecule has 0 aliphatic heterocycles. The molecule has 4 nitrogen and oxygen atoms in total. The number of hydrogen-bond donors (Lipinski definition) is 1. The van der Waals surface area contributed by atoms with E-state index in [9.17, 15) is 4.79 Å². The fourth-order valence-electron chi connectivity index (χ4n) is 2.08. The van der Waals surface area contributed by atoms with Gasteiger partial charge in [-0.2, -0.15) is 5.10 Å². The number of carbonyl (C=O) groups is 1. The van der Waals surface area contributed by atoms with Gasteiger partial charge in [-0.15, -0.1) is 11.3 Å². The molecule has 0 radical (unpaired) electrons. The van der Waals surface area contributed by atoms with Gasteiger partial charge in [0.25, 0.3) is 5.91 Å². The van der Waals surface area contributed by atoms with Crippen LogP contribution in [0.2, 0.25) is 5.02 Å². The van der Waals surface area contributed by atoms with Gasteiger partial charge in [0.2, 0.25) is 0 Å². The third-order valence-corrected chi connectivity index (χ3v) is 4.73. The van der Waals surface area contributed by atoms with Crippen molar-refractivity contribution in [1.29, 1.82) is 0 Å². The van der Waals surface area contributed by atoms with Crippen molar-refractivity contribution >= 4 is 35.1 Å². The molecule has 1 N–H and O–H groups in total. The first-order valence-electron chi connectivity index (χ1n) is 7.25. The van der Waals surface area contributed by atoms with E-state index >= 15 is 0 Å². The zero-order valence-corrected chi connectivity index (χ0v) is 14.4. The first-order valence-corrected chi connectivity index (χ1v) is 8.45. The van der Waals surface area contributed by atoms with Crippen molar-refractivity contribution in [1.82, 2.24) is 10.4 Å². The third-order valence-electron chi connectivity index (χ3n) is 3.27. The minimum atomic E-state index is -0.266. The highest BCUT2D eigenvalue weighted by atomic mass is 35.5. The average molecular weight is 356 g/mol. The van der Waals surface area contributed by atoms with Gasteiger partial charge in [0.1, 0.15) is 9.88 Å². The van der Waals surface area contributed by atoms with Crippen molar-refractivity contribution in [3.63, 3.8) is 0 Å². The van der Waals surface area contributed by atoms with Gasteiger partial charge in [-0.25, -0.2) is 10.4 Å². The molecule has 0 atom stereocenters. The number of thiazole rings is 1. The fourth-order valence-corrected chi connectivity index (χ4v) is 3.16. The zero-order chi connectivity index (χ0) is 16.9. The van der Waals surface area contributed by atoms with E-state index in [4.69, 9.17) is 11.6 Å². The molecule has 0 saturated heterocycles. The molecule has 0 unspecified atom stereocenters. The number of benzene rings is 2. The molecule has 3 rings (SSSR count). The van der Waals surface area contributed by atoms with Gasteiger partial charge < -0.3 is 0 Å². The molecule has 0 fully saturated rings. The molecule has 6 heteroatoms. The van der Waals surface area contributed by atoms with E-state index in [0.717, 1.165) is 16.1 Å². The Kier molecular flexibility index (Phi) is 5.03. The molecule has 120 valence electrons. The highest BCUT2D eigenvalue weighted by Crippen LogP contribution is 2.27. The third kappa shape index (κ3) is 3.88. The predicted octanol–water partition coefficient (Wildman–Crippen LogP) is 4.54. The van der Waals surface area contributed by atoms with Crippen LogP contribution >= 0.6 is 22.9 Å². The summed E-state index contributed by atoms with van der Waals surface area (Å²) in [7, 11) is 0. The van der Waals surface area contributed by atoms with E-state index in [0.29, 0.717) is 15.6 Å². The molecule has 1 amide bonds. The van der Waals surface area contributed by atoms with Gasteiger partial charge in [-0.3, -0.25) is 4.79 Å². The van der Waals surface area contributed by atoms with Crippen LogP contribution in [0.5, 0.6) is 0 Å². The summed E-state index contributed by atoms with van der Waals surface area (Å²) in [5.74, 6) is -0.266. The first kappa shape index (κ1) is 16.4. The Morgan fingerprint density at radius 1 is 1.17 bits per heavy atom. The van der Waals surface area contributed by atoms with Crippen LogP contribution in [0.15, 0.2) is 59.7 Å². The maximum Gasteiger partial charge on any atom is 0.283 e. The van der Waals surface area contributed by atoms with E-state index in [2.05, 4.69) is 15.5 Å². The van der Waals surface area contributed by atoms with Crippen LogP contribution in [0.4, 0.5) is 0 Å². The molecule has 0 spiro atoms. The monoisotopic (exact) mass is 355 g/mol. The normalized spacial score (nSPS) is 10.9. The largest absolute Gasteiger partial charge is 0.283 e. The van der Waals surface area contributed by atoms with Gasteiger partial charge in [0, 0.05) is 10.6 Å². The summed E-state index contributed by atoms with van der Waals surface area (Å²) in [6, 6.07) is 17.0. The summed E-state index contributed by atoms with van der Waals surface area (Å²) in [5.41, 5.74) is 5.08. The van der Waals surface area contributed by atoms with Crippen molar-refractivity contribution in [3.05, 3.63) is 75.8 Å². The van der Waals surface area contributed by atoms with E-state index in [-0.39, 0.29) is 5.91 Å². The van der Waals surface area contributed by atoms with Gasteiger partial charge in [-0.05, 0) is 24.6 Å². The fraction of sp³-hybridized carbons (Fsp3) is 0.0556. The van der Waals surface area contributed by atoms with Crippen molar-refractivity contribution in [2.45, 2.75) is 6.92 Å². The van der Waals surface area contributed by atoms with E-state index in [1.807, 2.05) is 49.4 Å². The summed E-state index contributed by atoms with van der Waals surface area (Å²) in [5, 5.41) is 5.46. The molecule has 0 bridgehead atoms. The number of aromatic nitrogens is 1. The first-order chi connectivity index (χ1) is 11.6. The number of rotatable bonds is 4. The number of carbonyl (C=O) groups excluding carboxylic acids is 1. The molecular formula is C18H14ClN3OS. The topological polar surface area (TPSA) is 54.4 Å². The van der Waals surface area contributed by atoms with Crippen LogP contribution in [-0.4, -0.2) is 17.1 Å². The number of hydrogen-bond acceptors (Lipinski definition) is 4. The quantitative estimate of drug-likeness (QED) is 0.552. The molecular weight excluding hydrogens is 342 g/mol. The smallest absolute Gasteiger partial charge is 0.266 e. The minimum absolute atomic E-state index is 0.266. The van der Waals surface area contributed by atoms with E-state index in [1.54, 1.807) is 18.3 Å². The Balaban J connectivity index is 1.71. The number of amides is 1. The minimum Gasteiger partial charge on any atom is -0.266 e. The van der Waals surface area contributed by atoms with E-state index in [1.165, 1.54) is 11.3 Å². The zero-order valence-electron chi connectivity index (χ0n) is 12.9. The van der Waals surface area contributed by atoms with Crippen LogP contribution in [0.25, 0.3) is 10.6 Å². The molecule has 3 aromatic rings. The summed E-state index contributed by atoms with van der Waals surface area (Å²) < 4.78 is 0. The number of aryl methyl sites for hydroxylation is 1. The second-order valence-corrected chi connectivity index (χ2v) is 6.49. The Hall–Kier alpha value is -2.50. The summed E-state index contributed by atoms with van der Waals surface area (Å²) >= 11 is 7.18. The number of nitrogens with one attached hydrogen (secondary N) is 1. The molecule has 1 heterocycles. The Morgan fingerprint density at radius 3 is 2.58 bits per heavy atom. The molecule has 0 aliphatic rings. The highest BCUT2D eigenvalue weighted by Gasteiger charge is 2.15. The SMILES string of the molecule is Cc1nc(-c2ccccc2)sc1C(=O)N/N=C/c1ccc(Cl)cc1. The molecule has 24 heavy (non-hydrogen) atoms. The van der Waals surface area contributed by atoms with Crippen molar-refractivity contribution < 1.29 is 4.79 Å². The van der Waals surface area contributed by atoms with Gasteiger partial charge in [0.15, 0.2) is 0 Å². The lowest BCUT2D eigenvalue weighted by molar-refractivity contribution is 0.0958. The van der Waals surface area contributed by atoms with Crippen LogP contribution in [-0.2, 0) is 0 Å². The standard InChI is InChI=1S/C18H14ClN3OS/c1-12-16(24-18(21-12)14-5-3-2-4-6-14)17(23)22-20-11-13-7-9-15(19)10-8-13/h2-11H,1H3,(H,22,23)/b20-11+. The maximum absolute atomic E-state index is 12.3. The summed E-state index contributed by atoms with van der Waals surface area (Å²) in [6.07, 6.45) is 1.57. The highest BCUT2D eigenvalue weighted by molar-refractivity contribution is 7.17. The summed E-state index contributed by atoms with van der Waals surface area (Å²) in [4.78, 5) is 17.3. The Bertz CT molecular complexity index is 873. The van der Waals surface area contributed by atoms with Crippen molar-refractivity contribution in [2.24, 2.45) is 5.10 Å². The van der Waals surface area contributed by atoms with Gasteiger partial charge >= 0.3 is 0 Å².